The highest BCUT2D eigenvalue weighted by molar-refractivity contribution is 7.98. The molecule has 0 aliphatic carbocycles. The number of hydrogen-bond acceptors (Lipinski definition) is 6. The first kappa shape index (κ1) is 20.6. The summed E-state index contributed by atoms with van der Waals surface area (Å²) in [7, 11) is 0. The van der Waals surface area contributed by atoms with Crippen LogP contribution in [0.4, 0.5) is 4.39 Å². The van der Waals surface area contributed by atoms with Gasteiger partial charge in [0.15, 0.2) is 11.0 Å². The summed E-state index contributed by atoms with van der Waals surface area (Å²) in [5.41, 5.74) is 1.92. The topological polar surface area (TPSA) is 46.8 Å². The van der Waals surface area contributed by atoms with Crippen molar-refractivity contribution in [1.82, 2.24) is 24.6 Å². The average molecular weight is 454 g/mol. The van der Waals surface area contributed by atoms with Crippen LogP contribution in [0.25, 0.3) is 15.9 Å². The number of thiazole rings is 1. The molecule has 0 N–H and O–H groups in total. The normalized spacial score (nSPS) is 16.1. The Bertz CT molecular complexity index is 1130. The Labute approximate surface area is 189 Å². The van der Waals surface area contributed by atoms with Crippen molar-refractivity contribution < 1.29 is 4.39 Å². The minimum Gasteiger partial charge on any atom is -0.294 e. The van der Waals surface area contributed by atoms with E-state index in [2.05, 4.69) is 32.7 Å². The van der Waals surface area contributed by atoms with Gasteiger partial charge in [0.05, 0.1) is 22.0 Å². The van der Waals surface area contributed by atoms with Crippen LogP contribution in [0.5, 0.6) is 0 Å². The van der Waals surface area contributed by atoms with E-state index in [9.17, 15) is 4.39 Å². The lowest BCUT2D eigenvalue weighted by Gasteiger charge is -2.31. The van der Waals surface area contributed by atoms with Gasteiger partial charge in [0.2, 0.25) is 0 Å². The van der Waals surface area contributed by atoms with Crippen LogP contribution >= 0.6 is 23.1 Å². The van der Waals surface area contributed by atoms with Crippen molar-refractivity contribution in [2.75, 3.05) is 13.1 Å². The number of aromatic nitrogens is 4. The first-order chi connectivity index (χ1) is 15.2. The highest BCUT2D eigenvalue weighted by Crippen LogP contribution is 2.32. The minimum atomic E-state index is -0.244. The van der Waals surface area contributed by atoms with Gasteiger partial charge < -0.3 is 0 Å². The van der Waals surface area contributed by atoms with Crippen LogP contribution in [0.1, 0.15) is 43.1 Å². The monoisotopic (exact) mass is 453 g/mol. The van der Waals surface area contributed by atoms with E-state index in [1.165, 1.54) is 36.1 Å². The van der Waals surface area contributed by atoms with E-state index in [0.717, 1.165) is 46.0 Å². The van der Waals surface area contributed by atoms with Gasteiger partial charge in [-0.15, -0.1) is 21.5 Å². The molecule has 1 fully saturated rings. The number of benzene rings is 2. The molecule has 0 radical (unpaired) electrons. The van der Waals surface area contributed by atoms with Crippen molar-refractivity contribution in [2.24, 2.45) is 0 Å². The van der Waals surface area contributed by atoms with Gasteiger partial charge in [0, 0.05) is 5.69 Å². The summed E-state index contributed by atoms with van der Waals surface area (Å²) in [5.74, 6) is 1.38. The van der Waals surface area contributed by atoms with Crippen molar-refractivity contribution in [2.45, 2.75) is 43.1 Å². The fraction of sp³-hybridized carbons (Fsp3) is 0.348. The molecule has 0 saturated carbocycles. The van der Waals surface area contributed by atoms with E-state index in [4.69, 9.17) is 4.98 Å². The molecule has 5 rings (SSSR count). The lowest BCUT2D eigenvalue weighted by Crippen LogP contribution is -2.33. The van der Waals surface area contributed by atoms with Gasteiger partial charge in [-0.1, -0.05) is 30.3 Å². The fourth-order valence-electron chi connectivity index (χ4n) is 4.06. The lowest BCUT2D eigenvalue weighted by molar-refractivity contribution is 0.167. The molecule has 2 aromatic carbocycles. The minimum absolute atomic E-state index is 0.148. The van der Waals surface area contributed by atoms with Crippen LogP contribution < -0.4 is 0 Å². The molecule has 0 spiro atoms. The van der Waals surface area contributed by atoms with Crippen LogP contribution in [-0.2, 0) is 5.75 Å². The molecule has 31 heavy (non-hydrogen) atoms. The Morgan fingerprint density at radius 2 is 1.81 bits per heavy atom. The number of hydrogen-bond donors (Lipinski definition) is 0. The smallest absolute Gasteiger partial charge is 0.196 e. The maximum Gasteiger partial charge on any atom is 0.196 e. The highest BCUT2D eigenvalue weighted by atomic mass is 32.2. The Morgan fingerprint density at radius 1 is 1.03 bits per heavy atom. The Balaban J connectivity index is 1.45. The fourth-order valence-corrected chi connectivity index (χ4v) is 5.97. The molecule has 1 aliphatic heterocycles. The van der Waals surface area contributed by atoms with Crippen molar-refractivity contribution in [3.05, 3.63) is 65.2 Å². The maximum atomic E-state index is 13.6. The molecule has 0 bridgehead atoms. The van der Waals surface area contributed by atoms with Gasteiger partial charge in [-0.05, 0) is 69.3 Å². The molecule has 8 heteroatoms. The van der Waals surface area contributed by atoms with Crippen LogP contribution in [0.15, 0.2) is 53.7 Å². The molecule has 4 aromatic rings. The zero-order valence-corrected chi connectivity index (χ0v) is 19.0. The second kappa shape index (κ2) is 9.06. The largest absolute Gasteiger partial charge is 0.294 e. The Kier molecular flexibility index (Phi) is 6.02. The molecule has 2 aromatic heterocycles. The SMILES string of the molecule is CC(c1nnc(SCc2nc3ccccc3s2)n1-c1ccc(F)cc1)N1CCCCC1. The molecular weight excluding hydrogens is 429 g/mol. The van der Waals surface area contributed by atoms with Gasteiger partial charge in [-0.2, -0.15) is 0 Å². The number of rotatable bonds is 6. The number of fused-ring (bicyclic) bond motifs is 1. The van der Waals surface area contributed by atoms with E-state index < -0.39 is 0 Å². The van der Waals surface area contributed by atoms with Gasteiger partial charge in [-0.25, -0.2) is 9.37 Å². The molecule has 1 aliphatic rings. The van der Waals surface area contributed by atoms with Crippen LogP contribution in [-0.4, -0.2) is 37.7 Å². The third-order valence-electron chi connectivity index (χ3n) is 5.72. The number of para-hydroxylation sites is 1. The third-order valence-corrected chi connectivity index (χ3v) is 7.88. The summed E-state index contributed by atoms with van der Waals surface area (Å²) >= 11 is 3.33. The second-order valence-electron chi connectivity index (χ2n) is 7.79. The summed E-state index contributed by atoms with van der Waals surface area (Å²) in [5, 5.41) is 11.0. The number of likely N-dealkylation sites (tertiary alicyclic amines) is 1. The standard InChI is InChI=1S/C23H24FN5S2/c1-16(28-13-5-2-6-14-28)22-26-27-23(29(22)18-11-9-17(24)10-12-18)30-15-21-25-19-7-3-4-8-20(19)31-21/h3-4,7-12,16H,2,5-6,13-15H2,1H3. The molecule has 5 nitrogen and oxygen atoms in total. The first-order valence-corrected chi connectivity index (χ1v) is 12.4. The summed E-state index contributed by atoms with van der Waals surface area (Å²) in [4.78, 5) is 7.21. The second-order valence-corrected chi connectivity index (χ2v) is 9.85. The summed E-state index contributed by atoms with van der Waals surface area (Å²) in [6.45, 7) is 4.34. The van der Waals surface area contributed by atoms with Gasteiger partial charge in [0.25, 0.3) is 0 Å². The van der Waals surface area contributed by atoms with E-state index in [0.29, 0.717) is 0 Å². The molecule has 1 saturated heterocycles. The zero-order chi connectivity index (χ0) is 21.2. The van der Waals surface area contributed by atoms with E-state index in [-0.39, 0.29) is 11.9 Å². The summed E-state index contributed by atoms with van der Waals surface area (Å²) in [6.07, 6.45) is 3.72. The van der Waals surface area contributed by atoms with Gasteiger partial charge >= 0.3 is 0 Å². The van der Waals surface area contributed by atoms with E-state index in [1.807, 2.05) is 18.2 Å². The Hall–Kier alpha value is -2.29. The highest BCUT2D eigenvalue weighted by Gasteiger charge is 2.25. The van der Waals surface area contributed by atoms with Crippen LogP contribution in [0, 0.1) is 5.82 Å². The molecule has 3 heterocycles. The van der Waals surface area contributed by atoms with Gasteiger partial charge in [-0.3, -0.25) is 9.47 Å². The van der Waals surface area contributed by atoms with Crippen LogP contribution in [0.3, 0.4) is 0 Å². The molecular formula is C23H24FN5S2. The molecule has 1 unspecified atom stereocenters. The Morgan fingerprint density at radius 3 is 2.58 bits per heavy atom. The number of nitrogens with zero attached hydrogens (tertiary/aromatic N) is 5. The van der Waals surface area contributed by atoms with Gasteiger partial charge in [0.1, 0.15) is 10.8 Å². The van der Waals surface area contributed by atoms with E-state index >= 15 is 0 Å². The predicted octanol–water partition coefficient (Wildman–Crippen LogP) is 5.86. The number of halogens is 1. The zero-order valence-electron chi connectivity index (χ0n) is 17.4. The summed E-state index contributed by atoms with van der Waals surface area (Å²) < 4.78 is 16.9. The maximum absolute atomic E-state index is 13.6. The number of piperidine rings is 1. The predicted molar refractivity (Wildman–Crippen MR) is 124 cm³/mol. The van der Waals surface area contributed by atoms with Crippen molar-refractivity contribution in [3.63, 3.8) is 0 Å². The molecule has 160 valence electrons. The summed E-state index contributed by atoms with van der Waals surface area (Å²) in [6, 6.07) is 14.9. The molecule has 1 atom stereocenters. The first-order valence-electron chi connectivity index (χ1n) is 10.6. The van der Waals surface area contributed by atoms with Crippen molar-refractivity contribution >= 4 is 33.3 Å². The third kappa shape index (κ3) is 4.37. The van der Waals surface area contributed by atoms with Crippen molar-refractivity contribution in [3.8, 4) is 5.69 Å². The van der Waals surface area contributed by atoms with Crippen LogP contribution in [0.2, 0.25) is 0 Å². The number of thioether (sulfide) groups is 1. The van der Waals surface area contributed by atoms with E-state index in [1.54, 1.807) is 35.2 Å². The van der Waals surface area contributed by atoms with Crippen molar-refractivity contribution in [1.29, 1.82) is 0 Å². The average Bonchev–Trinajstić information content (AvgIpc) is 3.42. The lowest BCUT2D eigenvalue weighted by atomic mass is 10.1. The molecule has 0 amide bonds. The quantitative estimate of drug-likeness (QED) is 0.343.